The molecule has 0 aliphatic heterocycles. The number of alkyl halides is 4. The molecule has 172 valence electrons. The first kappa shape index (κ1) is 29.1. The van der Waals surface area contributed by atoms with Crippen LogP contribution in [0.15, 0.2) is 39.8 Å². The van der Waals surface area contributed by atoms with Gasteiger partial charge in [0.1, 0.15) is 21.3 Å². The molecule has 0 radical (unpaired) electrons. The second-order valence-electron chi connectivity index (χ2n) is 6.36. The van der Waals surface area contributed by atoms with Crippen LogP contribution in [0.2, 0.25) is 0 Å². The summed E-state index contributed by atoms with van der Waals surface area (Å²) in [5.74, 6) is -0.813. The molecule has 31 heavy (non-hydrogen) atoms. The van der Waals surface area contributed by atoms with Crippen molar-refractivity contribution in [2.24, 2.45) is 0 Å². The molecule has 2 aromatic carbocycles. The molecule has 0 amide bonds. The Bertz CT molecular complexity index is 1010. The summed E-state index contributed by atoms with van der Waals surface area (Å²) in [6, 6.07) is 2.72. The molecule has 2 aromatic rings. The minimum Gasteiger partial charge on any atom is -0.505 e. The van der Waals surface area contributed by atoms with Gasteiger partial charge in [-0.25, -0.2) is 8.42 Å². The van der Waals surface area contributed by atoms with Gasteiger partial charge in [0.15, 0.2) is 0 Å². The minimum absolute atomic E-state index is 0.0823. The lowest BCUT2D eigenvalue weighted by atomic mass is 10.1. The van der Waals surface area contributed by atoms with Gasteiger partial charge in [0.05, 0.1) is 16.4 Å². The van der Waals surface area contributed by atoms with Crippen molar-refractivity contribution in [1.82, 2.24) is 0 Å². The van der Waals surface area contributed by atoms with E-state index in [1.54, 1.807) is 0 Å². The van der Waals surface area contributed by atoms with E-state index in [0.29, 0.717) is 34.6 Å². The fraction of sp³-hybridized carbons (Fsp3) is 0.333. The molecule has 0 bridgehead atoms. The Morgan fingerprint density at radius 2 is 1.03 bits per heavy atom. The summed E-state index contributed by atoms with van der Waals surface area (Å²) >= 11 is 27.1. The molecular formula is C18H14Br8O4S. The Balaban J connectivity index is 2.60. The maximum atomic E-state index is 13.4. The number of phenolic OH excluding ortho intramolecular Hbond substituents is 2. The number of aromatic hydroxyl groups is 2. The zero-order valence-corrected chi connectivity index (χ0v) is 28.8. The highest BCUT2D eigenvalue weighted by atomic mass is 79.9. The van der Waals surface area contributed by atoms with Gasteiger partial charge >= 0.3 is 0 Å². The summed E-state index contributed by atoms with van der Waals surface area (Å²) in [6.45, 7) is 0. The molecular weight excluding hydrogens is 951 g/mol. The minimum atomic E-state index is -4.24. The Morgan fingerprint density at radius 3 is 1.32 bits per heavy atom. The fourth-order valence-electron chi connectivity index (χ4n) is 2.75. The molecule has 4 nitrogen and oxygen atoms in total. The molecule has 0 heterocycles. The highest BCUT2D eigenvalue weighted by molar-refractivity contribution is 9.25. The van der Waals surface area contributed by atoms with Crippen molar-refractivity contribution in [3.05, 3.63) is 41.2 Å². The van der Waals surface area contributed by atoms with Gasteiger partial charge in [-0.05, 0) is 80.8 Å². The molecule has 0 aliphatic carbocycles. The third kappa shape index (κ3) is 6.95. The molecule has 0 fully saturated rings. The van der Waals surface area contributed by atoms with Crippen LogP contribution in [0.1, 0.15) is 24.0 Å². The SMILES string of the molecule is O=S(=O)(c1cc(Br)c(CCC(Br)Br)c(Br)c1O)c1cc(Br)c(CCC(Br)Br)c(Br)c1O. The van der Waals surface area contributed by atoms with Gasteiger partial charge in [0, 0.05) is 8.95 Å². The molecule has 0 spiro atoms. The van der Waals surface area contributed by atoms with Crippen molar-refractivity contribution < 1.29 is 18.6 Å². The third-order valence-electron chi connectivity index (χ3n) is 4.31. The molecule has 2 N–H and O–H groups in total. The summed E-state index contributed by atoms with van der Waals surface area (Å²) in [7, 11) is -4.24. The average molecular weight is 966 g/mol. The van der Waals surface area contributed by atoms with Gasteiger partial charge in [0.25, 0.3) is 0 Å². The molecule has 0 unspecified atom stereocenters. The van der Waals surface area contributed by atoms with Crippen molar-refractivity contribution in [3.8, 4) is 11.5 Å². The number of hydrogen-bond acceptors (Lipinski definition) is 4. The van der Waals surface area contributed by atoms with Crippen LogP contribution in [0.5, 0.6) is 11.5 Å². The lowest BCUT2D eigenvalue weighted by Gasteiger charge is -2.17. The second-order valence-corrected chi connectivity index (χ2v) is 18.4. The van der Waals surface area contributed by atoms with Gasteiger partial charge in [-0.1, -0.05) is 95.6 Å². The van der Waals surface area contributed by atoms with Crippen LogP contribution in [-0.2, 0) is 22.7 Å². The summed E-state index contributed by atoms with van der Waals surface area (Å²) in [5, 5.41) is 21.4. The topological polar surface area (TPSA) is 74.6 Å². The number of halogens is 8. The molecule has 0 aliphatic rings. The van der Waals surface area contributed by atoms with E-state index in [1.807, 2.05) is 0 Å². The zero-order valence-electron chi connectivity index (χ0n) is 15.3. The van der Waals surface area contributed by atoms with Crippen LogP contribution >= 0.6 is 127 Å². The molecule has 0 aromatic heterocycles. The van der Waals surface area contributed by atoms with E-state index in [1.165, 1.54) is 12.1 Å². The summed E-state index contributed by atoms with van der Waals surface area (Å²) in [4.78, 5) is -0.626. The highest BCUT2D eigenvalue weighted by Gasteiger charge is 2.31. The van der Waals surface area contributed by atoms with Crippen molar-refractivity contribution in [2.75, 3.05) is 0 Å². The van der Waals surface area contributed by atoms with Crippen molar-refractivity contribution in [1.29, 1.82) is 0 Å². The maximum Gasteiger partial charge on any atom is 0.214 e. The Labute approximate surface area is 248 Å². The predicted molar refractivity (Wildman–Crippen MR) is 152 cm³/mol. The third-order valence-corrected chi connectivity index (χ3v) is 11.0. The lowest BCUT2D eigenvalue weighted by Crippen LogP contribution is -2.07. The van der Waals surface area contributed by atoms with E-state index < -0.39 is 21.3 Å². The number of hydrogen-bond donors (Lipinski definition) is 2. The first-order valence-corrected chi connectivity index (χ1v) is 16.8. The standard InChI is InChI=1S/C18H14Br8O4S/c19-9-5-11(17(27)15(25)7(9)1-3-13(21)22)31(29,30)12-6-10(20)8(2-4-14(23)24)16(26)18(12)28/h5-6,13-14,27-28H,1-4H2. The van der Waals surface area contributed by atoms with Gasteiger partial charge in [-0.15, -0.1) is 0 Å². The van der Waals surface area contributed by atoms with Crippen molar-refractivity contribution in [2.45, 2.75) is 42.9 Å². The fourth-order valence-corrected chi connectivity index (χ4v) is 8.76. The van der Waals surface area contributed by atoms with E-state index in [9.17, 15) is 18.6 Å². The zero-order chi connectivity index (χ0) is 23.7. The summed E-state index contributed by atoms with van der Waals surface area (Å²) in [6.07, 6.45) is 2.59. The predicted octanol–water partition coefficient (Wildman–Crippen LogP) is 9.08. The van der Waals surface area contributed by atoms with Crippen LogP contribution in [0.4, 0.5) is 0 Å². The molecule has 0 saturated carbocycles. The largest absolute Gasteiger partial charge is 0.505 e. The van der Waals surface area contributed by atoms with Crippen molar-refractivity contribution in [3.63, 3.8) is 0 Å². The van der Waals surface area contributed by atoms with E-state index >= 15 is 0 Å². The quantitative estimate of drug-likeness (QED) is 0.259. The average Bonchev–Trinajstić information content (AvgIpc) is 2.66. The summed E-state index contributed by atoms with van der Waals surface area (Å²) < 4.78 is 28.6. The second kappa shape index (κ2) is 12.2. The Kier molecular flexibility index (Phi) is 11.4. The molecule has 13 heteroatoms. The van der Waals surface area contributed by atoms with Gasteiger partial charge < -0.3 is 10.2 Å². The van der Waals surface area contributed by atoms with Crippen LogP contribution < -0.4 is 0 Å². The first-order valence-electron chi connectivity index (χ1n) is 8.50. The Hall–Kier alpha value is 1.83. The van der Waals surface area contributed by atoms with Gasteiger partial charge in [-0.2, -0.15) is 0 Å². The van der Waals surface area contributed by atoms with Crippen LogP contribution in [0.25, 0.3) is 0 Å². The highest BCUT2D eigenvalue weighted by Crippen LogP contribution is 2.46. The van der Waals surface area contributed by atoms with Crippen LogP contribution in [0, 0.1) is 0 Å². The first-order chi connectivity index (χ1) is 14.3. The number of benzene rings is 2. The van der Waals surface area contributed by atoms with Crippen molar-refractivity contribution >= 4 is 137 Å². The number of phenols is 2. The van der Waals surface area contributed by atoms with Gasteiger partial charge in [0.2, 0.25) is 9.84 Å². The van der Waals surface area contributed by atoms with Crippen LogP contribution in [0.3, 0.4) is 0 Å². The molecule has 0 atom stereocenters. The lowest BCUT2D eigenvalue weighted by molar-refractivity contribution is 0.448. The molecule has 2 rings (SSSR count). The van der Waals surface area contributed by atoms with Crippen LogP contribution in [-0.4, -0.2) is 26.1 Å². The van der Waals surface area contributed by atoms with E-state index in [-0.39, 0.29) is 26.2 Å². The summed E-state index contributed by atoms with van der Waals surface area (Å²) in [5.41, 5.74) is 1.47. The van der Waals surface area contributed by atoms with E-state index in [4.69, 9.17) is 0 Å². The molecule has 0 saturated heterocycles. The smallest absolute Gasteiger partial charge is 0.214 e. The Morgan fingerprint density at radius 1 is 0.710 bits per heavy atom. The van der Waals surface area contributed by atoms with Gasteiger partial charge in [-0.3, -0.25) is 0 Å². The maximum absolute atomic E-state index is 13.4. The number of sulfone groups is 1. The number of rotatable bonds is 8. The van der Waals surface area contributed by atoms with E-state index in [2.05, 4.69) is 127 Å². The normalized spacial score (nSPS) is 12.2. The van der Waals surface area contributed by atoms with E-state index in [0.717, 1.165) is 11.1 Å². The monoisotopic (exact) mass is 957 g/mol.